The van der Waals surface area contributed by atoms with Crippen molar-refractivity contribution in [2.45, 2.75) is 0 Å². The van der Waals surface area contributed by atoms with E-state index < -0.39 is 0 Å². The van der Waals surface area contributed by atoms with Crippen LogP contribution in [0.15, 0.2) is 133 Å². The van der Waals surface area contributed by atoms with Crippen molar-refractivity contribution in [2.75, 3.05) is 0 Å². The molecular weight excluding hydrogens is 460 g/mol. The summed E-state index contributed by atoms with van der Waals surface area (Å²) in [7, 11) is 0. The van der Waals surface area contributed by atoms with Gasteiger partial charge in [-0.3, -0.25) is 0 Å². The fraction of sp³-hybridized carbons (Fsp3) is 0. The fourth-order valence-corrected chi connectivity index (χ4v) is 5.77. The first-order valence-corrected chi connectivity index (χ1v) is 12.9. The first kappa shape index (κ1) is 21.0. The SMILES string of the molecule is c1ccc2cc(-c3nc4c5ccccc5c5ccccc5c4nc3-c3cc4cccccc-4c3)cc-2cc1. The highest BCUT2D eigenvalue weighted by Crippen LogP contribution is 2.42. The molecule has 0 fully saturated rings. The van der Waals surface area contributed by atoms with E-state index in [0.29, 0.717) is 0 Å². The van der Waals surface area contributed by atoms with E-state index in [1.807, 2.05) is 0 Å². The van der Waals surface area contributed by atoms with Gasteiger partial charge < -0.3 is 0 Å². The summed E-state index contributed by atoms with van der Waals surface area (Å²) in [5.74, 6) is 0. The third kappa shape index (κ3) is 3.21. The van der Waals surface area contributed by atoms with Crippen LogP contribution in [0.25, 0.3) is 77.3 Å². The van der Waals surface area contributed by atoms with E-state index in [1.54, 1.807) is 0 Å². The molecule has 0 unspecified atom stereocenters. The maximum Gasteiger partial charge on any atom is 0.0979 e. The minimum atomic E-state index is 0.913. The highest BCUT2D eigenvalue weighted by atomic mass is 14.8. The normalized spacial score (nSPS) is 11.7. The van der Waals surface area contributed by atoms with Gasteiger partial charge in [-0.25, -0.2) is 9.97 Å². The molecule has 38 heavy (non-hydrogen) atoms. The van der Waals surface area contributed by atoms with E-state index in [4.69, 9.17) is 9.97 Å². The number of hydrogen-bond donors (Lipinski definition) is 0. The van der Waals surface area contributed by atoms with Crippen molar-refractivity contribution < 1.29 is 0 Å². The van der Waals surface area contributed by atoms with Crippen LogP contribution in [0.5, 0.6) is 0 Å². The smallest absolute Gasteiger partial charge is 0.0979 e. The molecule has 0 aliphatic heterocycles. The maximum atomic E-state index is 5.43. The zero-order chi connectivity index (χ0) is 25.1. The lowest BCUT2D eigenvalue weighted by Gasteiger charge is -2.13. The summed E-state index contributed by atoms with van der Waals surface area (Å²) in [5.41, 5.74) is 10.7. The molecule has 0 N–H and O–H groups in total. The molecule has 1 heterocycles. The highest BCUT2D eigenvalue weighted by molar-refractivity contribution is 6.23. The van der Waals surface area contributed by atoms with Gasteiger partial charge in [0.25, 0.3) is 0 Å². The first-order chi connectivity index (χ1) is 18.8. The summed E-state index contributed by atoms with van der Waals surface area (Å²) in [6.07, 6.45) is 0. The predicted molar refractivity (Wildman–Crippen MR) is 159 cm³/mol. The van der Waals surface area contributed by atoms with Crippen molar-refractivity contribution in [3.8, 4) is 44.8 Å². The average molecular weight is 483 g/mol. The largest absolute Gasteiger partial charge is 0.243 e. The average Bonchev–Trinajstić information content (AvgIpc) is 3.40. The number of benzene rings is 3. The third-order valence-corrected chi connectivity index (χ3v) is 7.56. The number of aromatic nitrogens is 2. The second-order valence-electron chi connectivity index (χ2n) is 9.84. The van der Waals surface area contributed by atoms with E-state index >= 15 is 0 Å². The standard InChI is InChI=1S/C36H22N2/c1-3-11-23-19-27(20-24(23)12-4-1)33-34(28-21-25-13-5-2-6-14-26(25)22-28)38-36-32-18-10-8-16-30(32)29-15-7-9-17-31(29)35(36)37-33/h1-22H. The molecule has 2 heteroatoms. The molecule has 4 aliphatic carbocycles. The summed E-state index contributed by atoms with van der Waals surface area (Å²) < 4.78 is 0. The number of nitrogens with zero attached hydrogens (tertiary/aromatic N) is 2. The molecule has 0 spiro atoms. The van der Waals surface area contributed by atoms with Gasteiger partial charge >= 0.3 is 0 Å². The van der Waals surface area contributed by atoms with Gasteiger partial charge in [0.15, 0.2) is 0 Å². The summed E-state index contributed by atoms with van der Waals surface area (Å²) in [6, 6.07) is 47.1. The van der Waals surface area contributed by atoms with Crippen LogP contribution in [-0.4, -0.2) is 9.97 Å². The van der Waals surface area contributed by atoms with Gasteiger partial charge in [0.2, 0.25) is 0 Å². The Bertz CT molecular complexity index is 1880. The predicted octanol–water partition coefficient (Wildman–Crippen LogP) is 9.48. The highest BCUT2D eigenvalue weighted by Gasteiger charge is 2.20. The lowest BCUT2D eigenvalue weighted by molar-refractivity contribution is 1.32. The quantitative estimate of drug-likeness (QED) is 0.229. The second-order valence-corrected chi connectivity index (χ2v) is 9.84. The van der Waals surface area contributed by atoms with E-state index in [0.717, 1.165) is 44.3 Å². The Labute approximate surface area is 220 Å². The van der Waals surface area contributed by atoms with Crippen LogP contribution in [0.4, 0.5) is 0 Å². The first-order valence-electron chi connectivity index (χ1n) is 12.9. The summed E-state index contributed by atoms with van der Waals surface area (Å²) in [4.78, 5) is 10.9. The van der Waals surface area contributed by atoms with Crippen molar-refractivity contribution in [3.05, 3.63) is 133 Å². The van der Waals surface area contributed by atoms with Crippen molar-refractivity contribution >= 4 is 32.6 Å². The van der Waals surface area contributed by atoms with Gasteiger partial charge in [-0.2, -0.15) is 0 Å². The molecule has 8 rings (SSSR count). The van der Waals surface area contributed by atoms with Crippen LogP contribution in [-0.2, 0) is 0 Å². The van der Waals surface area contributed by atoms with E-state index in [2.05, 4.69) is 133 Å². The van der Waals surface area contributed by atoms with Crippen LogP contribution < -0.4 is 0 Å². The van der Waals surface area contributed by atoms with Crippen molar-refractivity contribution in [1.82, 2.24) is 9.97 Å². The van der Waals surface area contributed by atoms with Crippen LogP contribution >= 0.6 is 0 Å². The third-order valence-electron chi connectivity index (χ3n) is 7.56. The number of hydrogen-bond acceptors (Lipinski definition) is 2. The Morgan fingerprint density at radius 2 is 0.605 bits per heavy atom. The molecule has 4 aromatic rings. The molecule has 2 nitrogen and oxygen atoms in total. The fourth-order valence-electron chi connectivity index (χ4n) is 5.77. The summed E-state index contributed by atoms with van der Waals surface area (Å²) in [6.45, 7) is 0. The zero-order valence-electron chi connectivity index (χ0n) is 20.6. The van der Waals surface area contributed by atoms with Crippen molar-refractivity contribution in [1.29, 1.82) is 0 Å². The molecule has 0 saturated heterocycles. The Morgan fingerprint density at radius 1 is 0.289 bits per heavy atom. The Morgan fingerprint density at radius 3 is 0.974 bits per heavy atom. The molecular formula is C36H22N2. The van der Waals surface area contributed by atoms with Crippen LogP contribution in [0.3, 0.4) is 0 Å². The van der Waals surface area contributed by atoms with Gasteiger partial charge in [-0.05, 0) is 57.3 Å². The molecule has 0 amide bonds. The van der Waals surface area contributed by atoms with Gasteiger partial charge in [-0.1, -0.05) is 109 Å². The van der Waals surface area contributed by atoms with Crippen LogP contribution in [0.2, 0.25) is 0 Å². The zero-order valence-corrected chi connectivity index (χ0v) is 20.6. The molecule has 3 aromatic carbocycles. The Balaban J connectivity index is 1.53. The van der Waals surface area contributed by atoms with Gasteiger partial charge in [-0.15, -0.1) is 0 Å². The lowest BCUT2D eigenvalue weighted by Crippen LogP contribution is -1.96. The van der Waals surface area contributed by atoms with Gasteiger partial charge in [0.05, 0.1) is 22.4 Å². The lowest BCUT2D eigenvalue weighted by atomic mass is 9.98. The molecule has 176 valence electrons. The van der Waals surface area contributed by atoms with Crippen molar-refractivity contribution in [2.24, 2.45) is 0 Å². The van der Waals surface area contributed by atoms with Crippen LogP contribution in [0, 0.1) is 0 Å². The Hall–Kier alpha value is -5.08. The topological polar surface area (TPSA) is 25.8 Å². The van der Waals surface area contributed by atoms with Gasteiger partial charge in [0, 0.05) is 21.9 Å². The van der Waals surface area contributed by atoms with E-state index in [1.165, 1.54) is 33.0 Å². The number of fused-ring (bicyclic) bond motifs is 8. The van der Waals surface area contributed by atoms with E-state index in [-0.39, 0.29) is 0 Å². The minimum absolute atomic E-state index is 0.913. The van der Waals surface area contributed by atoms with E-state index in [9.17, 15) is 0 Å². The maximum absolute atomic E-state index is 5.43. The van der Waals surface area contributed by atoms with Crippen LogP contribution in [0.1, 0.15) is 0 Å². The number of rotatable bonds is 2. The minimum Gasteiger partial charge on any atom is -0.243 e. The second kappa shape index (κ2) is 8.22. The summed E-state index contributed by atoms with van der Waals surface area (Å²) in [5, 5.41) is 4.66. The molecule has 0 bridgehead atoms. The summed E-state index contributed by atoms with van der Waals surface area (Å²) >= 11 is 0. The molecule has 0 atom stereocenters. The molecule has 4 aliphatic rings. The van der Waals surface area contributed by atoms with Gasteiger partial charge in [0.1, 0.15) is 0 Å². The molecule has 0 saturated carbocycles. The molecule has 0 radical (unpaired) electrons. The molecule has 1 aromatic heterocycles. The monoisotopic (exact) mass is 482 g/mol. The Kier molecular flexibility index (Phi) is 4.55. The van der Waals surface area contributed by atoms with Crippen molar-refractivity contribution in [3.63, 3.8) is 0 Å².